The number of fused-ring (bicyclic) bond motifs is 4. The predicted octanol–water partition coefficient (Wildman–Crippen LogP) is 8.25. The van der Waals surface area contributed by atoms with Crippen LogP contribution in [0.3, 0.4) is 0 Å². The molecule has 3 nitrogen and oxygen atoms in total. The summed E-state index contributed by atoms with van der Waals surface area (Å²) in [4.78, 5) is 14.0. The van der Waals surface area contributed by atoms with Gasteiger partial charge in [-0.15, -0.1) is 11.3 Å². The van der Waals surface area contributed by atoms with Gasteiger partial charge in [0.25, 0.3) is 0 Å². The molecule has 0 saturated heterocycles. The highest BCUT2D eigenvalue weighted by Crippen LogP contribution is 2.40. The van der Waals surface area contributed by atoms with Crippen LogP contribution in [0.25, 0.3) is 42.5 Å². The van der Waals surface area contributed by atoms with E-state index in [2.05, 4.69) is 81.8 Å². The van der Waals surface area contributed by atoms with Crippen molar-refractivity contribution in [3.05, 3.63) is 65.6 Å². The van der Waals surface area contributed by atoms with Gasteiger partial charge in [-0.1, -0.05) is 59.7 Å². The van der Waals surface area contributed by atoms with Crippen molar-refractivity contribution in [3.8, 4) is 11.3 Å². The third-order valence-electron chi connectivity index (χ3n) is 5.93. The fourth-order valence-corrected chi connectivity index (χ4v) is 5.72. The first kappa shape index (κ1) is 18.6. The Morgan fingerprint density at radius 3 is 2.45 bits per heavy atom. The van der Waals surface area contributed by atoms with E-state index < -0.39 is 6.85 Å². The van der Waals surface area contributed by atoms with Crippen molar-refractivity contribution in [2.75, 3.05) is 0 Å². The average Bonchev–Trinajstić information content (AvgIpc) is 3.13. The van der Waals surface area contributed by atoms with E-state index in [-0.39, 0.29) is 16.5 Å². The molecule has 33 heavy (non-hydrogen) atoms. The quantitative estimate of drug-likeness (QED) is 0.268. The van der Waals surface area contributed by atoms with Gasteiger partial charge >= 0.3 is 0 Å². The van der Waals surface area contributed by atoms with Crippen molar-refractivity contribution in [2.45, 2.75) is 60.2 Å². The van der Waals surface area contributed by atoms with Crippen LogP contribution in [0.5, 0.6) is 0 Å². The zero-order chi connectivity index (χ0) is 26.0. The molecule has 3 heterocycles. The van der Waals surface area contributed by atoms with E-state index in [0.717, 1.165) is 49.7 Å². The Hall–Kier alpha value is -2.85. The minimum atomic E-state index is -2.25. The zero-order valence-corrected chi connectivity index (χ0v) is 20.9. The predicted molar refractivity (Wildman–Crippen MR) is 142 cm³/mol. The second-order valence-corrected chi connectivity index (χ2v) is 12.2. The van der Waals surface area contributed by atoms with E-state index in [0.29, 0.717) is 0 Å². The van der Waals surface area contributed by atoms with E-state index >= 15 is 0 Å². The molecule has 2 aromatic carbocycles. The van der Waals surface area contributed by atoms with Gasteiger partial charge in [0.15, 0.2) is 0 Å². The van der Waals surface area contributed by atoms with Gasteiger partial charge in [0.2, 0.25) is 0 Å². The Kier molecular flexibility index (Phi) is 4.27. The molecule has 5 aromatic rings. The highest BCUT2D eigenvalue weighted by atomic mass is 32.1. The normalized spacial score (nSPS) is 14.5. The lowest BCUT2D eigenvalue weighted by atomic mass is 9.84. The molecule has 4 heteroatoms. The Morgan fingerprint density at radius 2 is 1.73 bits per heavy atom. The van der Waals surface area contributed by atoms with Crippen molar-refractivity contribution in [1.82, 2.24) is 15.0 Å². The topological polar surface area (TPSA) is 38.7 Å². The van der Waals surface area contributed by atoms with Crippen LogP contribution in [0.4, 0.5) is 0 Å². The van der Waals surface area contributed by atoms with E-state index in [1.165, 1.54) is 10.3 Å². The second kappa shape index (κ2) is 7.59. The van der Waals surface area contributed by atoms with Crippen LogP contribution in [0.1, 0.15) is 62.5 Å². The number of pyridine rings is 1. The third-order valence-corrected chi connectivity index (χ3v) is 7.07. The highest BCUT2D eigenvalue weighted by molar-refractivity contribution is 7.26. The van der Waals surface area contributed by atoms with Gasteiger partial charge in [-0.25, -0.2) is 9.97 Å². The van der Waals surface area contributed by atoms with Crippen LogP contribution in [0.15, 0.2) is 48.8 Å². The van der Waals surface area contributed by atoms with Crippen LogP contribution in [-0.4, -0.2) is 15.0 Å². The maximum atomic E-state index is 7.81. The van der Waals surface area contributed by atoms with E-state index in [9.17, 15) is 0 Å². The van der Waals surface area contributed by atoms with Gasteiger partial charge in [0.1, 0.15) is 6.33 Å². The first-order valence-corrected chi connectivity index (χ1v) is 12.1. The summed E-state index contributed by atoms with van der Waals surface area (Å²) in [6.45, 7) is 10.9. The number of rotatable bonds is 2. The Morgan fingerprint density at radius 1 is 0.909 bits per heavy atom. The number of nitrogens with zero attached hydrogens (tertiary/aromatic N) is 3. The summed E-state index contributed by atoms with van der Waals surface area (Å²) >= 11 is 1.73. The molecule has 0 saturated carbocycles. The minimum absolute atomic E-state index is 0.119. The molecule has 0 radical (unpaired) electrons. The van der Waals surface area contributed by atoms with Crippen LogP contribution < -0.4 is 0 Å². The molecule has 0 fully saturated rings. The zero-order valence-electron chi connectivity index (χ0n) is 23.1. The SMILES string of the molecule is [2H]C([2H])([2H])c1ccc2cc(-c3ncnc4c3sc3cc(CC(C)(C)C)ccc34)cc(C(C)(C)C)c2n1. The first-order valence-electron chi connectivity index (χ1n) is 12.8. The van der Waals surface area contributed by atoms with Gasteiger partial charge in [0, 0.05) is 30.8 Å². The lowest BCUT2D eigenvalue weighted by molar-refractivity contribution is 0.411. The molecule has 0 spiro atoms. The third kappa shape index (κ3) is 4.13. The van der Waals surface area contributed by atoms with Crippen LogP contribution in [0.2, 0.25) is 0 Å². The van der Waals surface area contributed by atoms with E-state index in [1.807, 2.05) is 6.07 Å². The lowest BCUT2D eigenvalue weighted by Gasteiger charge is -2.22. The molecular formula is C29H31N3S. The van der Waals surface area contributed by atoms with Gasteiger partial charge in [-0.05, 0) is 59.5 Å². The summed E-state index contributed by atoms with van der Waals surface area (Å²) in [5.74, 6) is 0. The summed E-state index contributed by atoms with van der Waals surface area (Å²) in [6, 6.07) is 14.4. The highest BCUT2D eigenvalue weighted by Gasteiger charge is 2.22. The number of aryl methyl sites for hydroxylation is 1. The minimum Gasteiger partial charge on any atom is -0.253 e. The number of hydrogen-bond donors (Lipinski definition) is 0. The molecule has 0 amide bonds. The van der Waals surface area contributed by atoms with Gasteiger partial charge < -0.3 is 0 Å². The lowest BCUT2D eigenvalue weighted by Crippen LogP contribution is -2.13. The average molecular weight is 457 g/mol. The van der Waals surface area contributed by atoms with E-state index in [1.54, 1.807) is 23.7 Å². The molecule has 5 rings (SSSR count). The Balaban J connectivity index is 1.73. The summed E-state index contributed by atoms with van der Waals surface area (Å²) in [5.41, 5.74) is 6.02. The standard InChI is InChI=1S/C29H31N3S/c1-17-8-10-19-13-20(14-22(24(19)32-17)29(5,6)7)25-27-26(31-16-30-25)21-11-9-18(12-23(21)33-27)15-28(2,3)4/h8-14,16H,15H2,1-7H3/i1D3. The van der Waals surface area contributed by atoms with Crippen molar-refractivity contribution >= 4 is 42.5 Å². The first-order chi connectivity index (χ1) is 16.7. The molecule has 0 bridgehead atoms. The molecule has 0 aliphatic heterocycles. The van der Waals surface area contributed by atoms with Gasteiger partial charge in [-0.3, -0.25) is 4.98 Å². The second-order valence-electron chi connectivity index (χ2n) is 11.1. The number of aromatic nitrogens is 3. The molecule has 168 valence electrons. The van der Waals surface area contributed by atoms with Crippen LogP contribution >= 0.6 is 11.3 Å². The van der Waals surface area contributed by atoms with E-state index in [4.69, 9.17) is 9.10 Å². The molecular weight excluding hydrogens is 422 g/mol. The molecule has 0 N–H and O–H groups in total. The van der Waals surface area contributed by atoms with Gasteiger partial charge in [0.05, 0.1) is 21.4 Å². The Bertz CT molecular complexity index is 1620. The van der Waals surface area contributed by atoms with Crippen molar-refractivity contribution in [3.63, 3.8) is 0 Å². The monoisotopic (exact) mass is 456 g/mol. The summed E-state index contributed by atoms with van der Waals surface area (Å²) in [7, 11) is 0. The van der Waals surface area contributed by atoms with Crippen LogP contribution in [0, 0.1) is 12.3 Å². The summed E-state index contributed by atoms with van der Waals surface area (Å²) < 4.78 is 25.7. The summed E-state index contributed by atoms with van der Waals surface area (Å²) in [5, 5.41) is 2.06. The number of benzene rings is 2. The molecule has 0 aliphatic rings. The molecule has 0 aliphatic carbocycles. The fourth-order valence-electron chi connectivity index (χ4n) is 4.49. The van der Waals surface area contributed by atoms with Crippen LogP contribution in [-0.2, 0) is 11.8 Å². The maximum absolute atomic E-state index is 7.81. The molecule has 0 unspecified atom stereocenters. The summed E-state index contributed by atoms with van der Waals surface area (Å²) in [6.07, 6.45) is 2.66. The molecule has 3 aromatic heterocycles. The van der Waals surface area contributed by atoms with Crippen molar-refractivity contribution in [2.24, 2.45) is 5.41 Å². The molecule has 0 atom stereocenters. The van der Waals surface area contributed by atoms with Crippen molar-refractivity contribution in [1.29, 1.82) is 0 Å². The Labute approximate surface area is 204 Å². The number of thiophene rings is 1. The smallest absolute Gasteiger partial charge is 0.116 e. The fraction of sp³-hybridized carbons (Fsp3) is 0.345. The van der Waals surface area contributed by atoms with Gasteiger partial charge in [-0.2, -0.15) is 0 Å². The largest absolute Gasteiger partial charge is 0.253 e. The van der Waals surface area contributed by atoms with Crippen molar-refractivity contribution < 1.29 is 4.11 Å². The maximum Gasteiger partial charge on any atom is 0.116 e. The number of hydrogen-bond acceptors (Lipinski definition) is 4.